The van der Waals surface area contributed by atoms with Crippen LogP contribution in [0.5, 0.6) is 0 Å². The largest absolute Gasteiger partial charge is 0.377 e. The van der Waals surface area contributed by atoms with Gasteiger partial charge < -0.3 is 4.74 Å². The number of carbonyl (C=O) groups excluding carboxylic acids is 1. The average molecular weight is 226 g/mol. The Bertz CT molecular complexity index is 201. The Balaban J connectivity index is 2.14. The quantitative estimate of drug-likeness (QED) is 0.589. The van der Waals surface area contributed by atoms with Gasteiger partial charge in [0.25, 0.3) is 0 Å². The Morgan fingerprint density at radius 1 is 1.19 bits per heavy atom. The van der Waals surface area contributed by atoms with E-state index in [1.54, 1.807) is 0 Å². The van der Waals surface area contributed by atoms with Gasteiger partial charge in [-0.2, -0.15) is 0 Å². The molecule has 2 heteroatoms. The predicted octanol–water partition coefficient (Wildman–Crippen LogP) is 3.73. The van der Waals surface area contributed by atoms with Gasteiger partial charge in [-0.15, -0.1) is 0 Å². The summed E-state index contributed by atoms with van der Waals surface area (Å²) in [6, 6.07) is 0. The van der Waals surface area contributed by atoms with Crippen molar-refractivity contribution in [3.8, 4) is 0 Å². The molecule has 2 unspecified atom stereocenters. The SMILES string of the molecule is CCCCCCCC(=O)C1CCOC1CC. The highest BCUT2D eigenvalue weighted by molar-refractivity contribution is 5.81. The van der Waals surface area contributed by atoms with Gasteiger partial charge in [0, 0.05) is 18.9 Å². The normalized spacial score (nSPS) is 24.9. The van der Waals surface area contributed by atoms with Crippen LogP contribution in [0.4, 0.5) is 0 Å². The van der Waals surface area contributed by atoms with E-state index in [4.69, 9.17) is 4.74 Å². The molecule has 0 aromatic carbocycles. The second-order valence-electron chi connectivity index (χ2n) is 4.84. The maximum atomic E-state index is 12.0. The lowest BCUT2D eigenvalue weighted by Gasteiger charge is -2.15. The molecule has 0 N–H and O–H groups in total. The number of unbranched alkanes of at least 4 members (excludes halogenated alkanes) is 4. The summed E-state index contributed by atoms with van der Waals surface area (Å²) in [7, 11) is 0. The zero-order chi connectivity index (χ0) is 11.8. The highest BCUT2D eigenvalue weighted by Crippen LogP contribution is 2.26. The lowest BCUT2D eigenvalue weighted by molar-refractivity contribution is -0.124. The van der Waals surface area contributed by atoms with Crippen molar-refractivity contribution in [2.75, 3.05) is 6.61 Å². The molecule has 0 amide bonds. The van der Waals surface area contributed by atoms with Crippen molar-refractivity contribution in [2.45, 2.75) is 71.3 Å². The molecule has 2 nitrogen and oxygen atoms in total. The molecule has 1 rings (SSSR count). The van der Waals surface area contributed by atoms with E-state index in [2.05, 4.69) is 13.8 Å². The first kappa shape index (κ1) is 13.7. The summed E-state index contributed by atoms with van der Waals surface area (Å²) >= 11 is 0. The second kappa shape index (κ2) is 7.83. The zero-order valence-electron chi connectivity index (χ0n) is 10.8. The number of hydrogen-bond donors (Lipinski definition) is 0. The maximum absolute atomic E-state index is 12.0. The van der Waals surface area contributed by atoms with E-state index < -0.39 is 0 Å². The van der Waals surface area contributed by atoms with Crippen molar-refractivity contribution in [1.82, 2.24) is 0 Å². The van der Waals surface area contributed by atoms with Crippen molar-refractivity contribution in [3.05, 3.63) is 0 Å². The van der Waals surface area contributed by atoms with E-state index in [0.717, 1.165) is 32.3 Å². The molecule has 1 heterocycles. The van der Waals surface area contributed by atoms with Crippen LogP contribution < -0.4 is 0 Å². The summed E-state index contributed by atoms with van der Waals surface area (Å²) in [5.41, 5.74) is 0. The van der Waals surface area contributed by atoms with Gasteiger partial charge in [-0.05, 0) is 19.3 Å². The lowest BCUT2D eigenvalue weighted by atomic mass is 9.91. The number of ether oxygens (including phenoxy) is 1. The van der Waals surface area contributed by atoms with Crippen LogP contribution in [0.1, 0.15) is 65.2 Å². The first-order valence-corrected chi connectivity index (χ1v) is 6.93. The van der Waals surface area contributed by atoms with Crippen molar-refractivity contribution in [2.24, 2.45) is 5.92 Å². The molecule has 1 saturated heterocycles. The van der Waals surface area contributed by atoms with Crippen molar-refractivity contribution >= 4 is 5.78 Å². The van der Waals surface area contributed by atoms with Crippen LogP contribution in [-0.4, -0.2) is 18.5 Å². The van der Waals surface area contributed by atoms with E-state index in [-0.39, 0.29) is 12.0 Å². The molecule has 0 bridgehead atoms. The minimum Gasteiger partial charge on any atom is -0.377 e. The van der Waals surface area contributed by atoms with Gasteiger partial charge in [0.2, 0.25) is 0 Å². The fourth-order valence-electron chi connectivity index (χ4n) is 2.51. The number of Topliss-reactive ketones (excluding diaryl/α,β-unsaturated/α-hetero) is 1. The summed E-state index contributed by atoms with van der Waals surface area (Å²) < 4.78 is 5.56. The highest BCUT2D eigenvalue weighted by atomic mass is 16.5. The molecule has 94 valence electrons. The van der Waals surface area contributed by atoms with E-state index in [1.165, 1.54) is 25.7 Å². The van der Waals surface area contributed by atoms with Gasteiger partial charge in [-0.25, -0.2) is 0 Å². The maximum Gasteiger partial charge on any atom is 0.138 e. The molecule has 1 aliphatic rings. The molecule has 16 heavy (non-hydrogen) atoms. The van der Waals surface area contributed by atoms with Gasteiger partial charge in [0.15, 0.2) is 0 Å². The van der Waals surface area contributed by atoms with E-state index in [0.29, 0.717) is 5.78 Å². The highest BCUT2D eigenvalue weighted by Gasteiger charge is 2.31. The van der Waals surface area contributed by atoms with Crippen LogP contribution in [0.2, 0.25) is 0 Å². The summed E-state index contributed by atoms with van der Waals surface area (Å²) in [5.74, 6) is 0.650. The summed E-state index contributed by atoms with van der Waals surface area (Å²) in [4.78, 5) is 12.0. The molecule has 1 fully saturated rings. The van der Waals surface area contributed by atoms with Crippen molar-refractivity contribution < 1.29 is 9.53 Å². The minimum absolute atomic E-state index is 0.205. The Hall–Kier alpha value is -0.370. The molecule has 1 aliphatic heterocycles. The van der Waals surface area contributed by atoms with Crippen molar-refractivity contribution in [3.63, 3.8) is 0 Å². The average Bonchev–Trinajstić information content (AvgIpc) is 2.76. The Kier molecular flexibility index (Phi) is 6.70. The Labute approximate surface area is 99.8 Å². The third-order valence-corrected chi connectivity index (χ3v) is 3.55. The van der Waals surface area contributed by atoms with Crippen LogP contribution in [-0.2, 0) is 9.53 Å². The second-order valence-corrected chi connectivity index (χ2v) is 4.84. The molecule has 0 saturated carbocycles. The Morgan fingerprint density at radius 3 is 2.62 bits per heavy atom. The summed E-state index contributed by atoms with van der Waals surface area (Å²) in [6.45, 7) is 5.11. The summed E-state index contributed by atoms with van der Waals surface area (Å²) in [5, 5.41) is 0. The van der Waals surface area contributed by atoms with Crippen molar-refractivity contribution in [1.29, 1.82) is 0 Å². The number of carbonyl (C=O) groups is 1. The number of hydrogen-bond acceptors (Lipinski definition) is 2. The molecule has 0 aromatic rings. The molecule has 2 atom stereocenters. The molecule has 0 spiro atoms. The monoisotopic (exact) mass is 226 g/mol. The lowest BCUT2D eigenvalue weighted by Crippen LogP contribution is -2.23. The number of rotatable bonds is 8. The molecular formula is C14H26O2. The topological polar surface area (TPSA) is 26.3 Å². The van der Waals surface area contributed by atoms with Gasteiger partial charge in [-0.1, -0.05) is 39.5 Å². The molecule has 0 radical (unpaired) electrons. The van der Waals surface area contributed by atoms with E-state index in [9.17, 15) is 4.79 Å². The van der Waals surface area contributed by atoms with Gasteiger partial charge in [-0.3, -0.25) is 4.79 Å². The first-order valence-electron chi connectivity index (χ1n) is 6.93. The minimum atomic E-state index is 0.205. The van der Waals surface area contributed by atoms with Gasteiger partial charge in [0.1, 0.15) is 5.78 Å². The Morgan fingerprint density at radius 2 is 1.94 bits per heavy atom. The predicted molar refractivity (Wildman–Crippen MR) is 66.5 cm³/mol. The van der Waals surface area contributed by atoms with Crippen LogP contribution in [0.15, 0.2) is 0 Å². The molecular weight excluding hydrogens is 200 g/mol. The first-order chi connectivity index (χ1) is 7.79. The fraction of sp³-hybridized carbons (Fsp3) is 0.929. The van der Waals surface area contributed by atoms with Gasteiger partial charge >= 0.3 is 0 Å². The van der Waals surface area contributed by atoms with E-state index in [1.807, 2.05) is 0 Å². The summed E-state index contributed by atoms with van der Waals surface area (Å²) in [6.07, 6.45) is 9.05. The van der Waals surface area contributed by atoms with Crippen LogP contribution in [0.25, 0.3) is 0 Å². The van der Waals surface area contributed by atoms with Crippen LogP contribution >= 0.6 is 0 Å². The van der Waals surface area contributed by atoms with E-state index >= 15 is 0 Å². The zero-order valence-corrected chi connectivity index (χ0v) is 10.8. The van der Waals surface area contributed by atoms with Crippen LogP contribution in [0, 0.1) is 5.92 Å². The standard InChI is InChI=1S/C14H26O2/c1-3-5-6-7-8-9-13(15)12-10-11-16-14(12)4-2/h12,14H,3-11H2,1-2H3. The van der Waals surface area contributed by atoms with Gasteiger partial charge in [0.05, 0.1) is 6.10 Å². The smallest absolute Gasteiger partial charge is 0.138 e. The third kappa shape index (κ3) is 4.25. The molecule has 0 aliphatic carbocycles. The van der Waals surface area contributed by atoms with Crippen LogP contribution in [0.3, 0.4) is 0 Å². The third-order valence-electron chi connectivity index (χ3n) is 3.55. The molecule has 0 aromatic heterocycles. The number of ketones is 1. The fourth-order valence-corrected chi connectivity index (χ4v) is 2.51.